The molecule has 9 heteroatoms. The van der Waals surface area contributed by atoms with Crippen molar-refractivity contribution in [2.24, 2.45) is 16.8 Å². The van der Waals surface area contributed by atoms with E-state index in [1.165, 1.54) is 32.1 Å². The van der Waals surface area contributed by atoms with Crippen LogP contribution in [0.25, 0.3) is 0 Å². The standard InChI is InChI=1S/C22H39N5O3.HI/c1-25(2)20(28)17-24-22(23-16-18-6-4-3-5-7-18)27-10-8-19(9-11-27)21(29)26-12-14-30-15-13-26;/h18-19H,3-17H2,1-2H3,(H,23,24);1H. The van der Waals surface area contributed by atoms with E-state index in [1.54, 1.807) is 19.0 Å². The van der Waals surface area contributed by atoms with Crippen molar-refractivity contribution < 1.29 is 14.3 Å². The van der Waals surface area contributed by atoms with E-state index in [2.05, 4.69) is 15.2 Å². The van der Waals surface area contributed by atoms with Gasteiger partial charge in [-0.1, -0.05) is 19.3 Å². The third-order valence-corrected chi connectivity index (χ3v) is 6.60. The Bertz CT molecular complexity index is 596. The highest BCUT2D eigenvalue weighted by atomic mass is 127. The van der Waals surface area contributed by atoms with E-state index in [4.69, 9.17) is 4.74 Å². The third-order valence-electron chi connectivity index (χ3n) is 6.60. The van der Waals surface area contributed by atoms with Crippen LogP contribution >= 0.6 is 24.0 Å². The summed E-state index contributed by atoms with van der Waals surface area (Å²) in [5.74, 6) is 1.88. The lowest BCUT2D eigenvalue weighted by molar-refractivity contribution is -0.140. The monoisotopic (exact) mass is 549 g/mol. The van der Waals surface area contributed by atoms with Crippen molar-refractivity contribution >= 4 is 41.8 Å². The van der Waals surface area contributed by atoms with E-state index in [0.717, 1.165) is 38.4 Å². The smallest absolute Gasteiger partial charge is 0.243 e. The van der Waals surface area contributed by atoms with Crippen LogP contribution in [0.1, 0.15) is 44.9 Å². The minimum atomic E-state index is 0. The van der Waals surface area contributed by atoms with Crippen molar-refractivity contribution in [1.29, 1.82) is 0 Å². The first-order valence-electron chi connectivity index (χ1n) is 11.6. The highest BCUT2D eigenvalue weighted by Gasteiger charge is 2.30. The molecule has 31 heavy (non-hydrogen) atoms. The predicted molar refractivity (Wildman–Crippen MR) is 133 cm³/mol. The number of rotatable bonds is 5. The van der Waals surface area contributed by atoms with Gasteiger partial charge < -0.3 is 24.8 Å². The average Bonchev–Trinajstić information content (AvgIpc) is 2.80. The summed E-state index contributed by atoms with van der Waals surface area (Å²) < 4.78 is 5.37. The molecule has 0 radical (unpaired) electrons. The summed E-state index contributed by atoms with van der Waals surface area (Å²) in [6, 6.07) is 0. The van der Waals surface area contributed by atoms with Crippen LogP contribution in [0.5, 0.6) is 0 Å². The Balaban J connectivity index is 0.00000341. The molecule has 3 fully saturated rings. The number of amides is 2. The van der Waals surface area contributed by atoms with Gasteiger partial charge in [-0.2, -0.15) is 0 Å². The van der Waals surface area contributed by atoms with Gasteiger partial charge in [-0.15, -0.1) is 24.0 Å². The summed E-state index contributed by atoms with van der Waals surface area (Å²) in [7, 11) is 3.52. The number of piperidine rings is 1. The number of hydrogen-bond donors (Lipinski definition) is 1. The zero-order valence-corrected chi connectivity index (χ0v) is 21.5. The van der Waals surface area contributed by atoms with Crippen LogP contribution in [0.4, 0.5) is 0 Å². The molecule has 1 aliphatic carbocycles. The number of hydrogen-bond acceptors (Lipinski definition) is 4. The van der Waals surface area contributed by atoms with E-state index in [-0.39, 0.29) is 48.3 Å². The van der Waals surface area contributed by atoms with Crippen LogP contribution in [0.2, 0.25) is 0 Å². The molecule has 0 aromatic heterocycles. The van der Waals surface area contributed by atoms with Gasteiger partial charge in [0.25, 0.3) is 0 Å². The topological polar surface area (TPSA) is 77.5 Å². The Morgan fingerprint density at radius 2 is 1.61 bits per heavy atom. The minimum Gasteiger partial charge on any atom is -0.378 e. The number of likely N-dealkylation sites (N-methyl/N-ethyl adjacent to an activating group) is 1. The third kappa shape index (κ3) is 8.07. The molecule has 2 aliphatic heterocycles. The number of nitrogens with one attached hydrogen (secondary N) is 1. The molecule has 2 heterocycles. The molecule has 2 saturated heterocycles. The quantitative estimate of drug-likeness (QED) is 0.322. The first-order chi connectivity index (χ1) is 14.5. The SMILES string of the molecule is CN(C)C(=O)CN=C(NCC1CCCCC1)N1CCC(C(=O)N2CCOCC2)CC1.I. The van der Waals surface area contributed by atoms with E-state index in [1.807, 2.05) is 4.90 Å². The van der Waals surface area contributed by atoms with Crippen molar-refractivity contribution in [3.8, 4) is 0 Å². The molecule has 178 valence electrons. The number of carbonyl (C=O) groups is 2. The summed E-state index contributed by atoms with van der Waals surface area (Å²) in [6.45, 7) is 5.39. The predicted octanol–water partition coefficient (Wildman–Crippen LogP) is 1.79. The van der Waals surface area contributed by atoms with Crippen LogP contribution in [0.15, 0.2) is 4.99 Å². The number of nitrogens with zero attached hydrogens (tertiary/aromatic N) is 4. The summed E-state index contributed by atoms with van der Waals surface area (Å²) in [4.78, 5) is 35.3. The summed E-state index contributed by atoms with van der Waals surface area (Å²) in [5, 5.41) is 3.55. The lowest BCUT2D eigenvalue weighted by Gasteiger charge is -2.37. The normalized spacial score (nSPS) is 21.4. The van der Waals surface area contributed by atoms with Gasteiger partial charge in [0.05, 0.1) is 13.2 Å². The second kappa shape index (κ2) is 13.4. The maximum Gasteiger partial charge on any atom is 0.243 e. The average molecular weight is 549 g/mol. The fraction of sp³-hybridized carbons (Fsp3) is 0.864. The molecule has 0 aromatic carbocycles. The molecule has 0 aromatic rings. The Labute approximate surface area is 204 Å². The largest absolute Gasteiger partial charge is 0.378 e. The maximum atomic E-state index is 12.8. The zero-order valence-electron chi connectivity index (χ0n) is 19.2. The van der Waals surface area contributed by atoms with Crippen LogP contribution in [-0.4, -0.2) is 99.1 Å². The lowest BCUT2D eigenvalue weighted by Crippen LogP contribution is -2.50. The Morgan fingerprint density at radius 3 is 2.23 bits per heavy atom. The van der Waals surface area contributed by atoms with Crippen molar-refractivity contribution in [3.63, 3.8) is 0 Å². The molecule has 2 amide bonds. The highest BCUT2D eigenvalue weighted by Crippen LogP contribution is 2.23. The Kier molecular flexibility index (Phi) is 11.3. The fourth-order valence-electron chi connectivity index (χ4n) is 4.56. The van der Waals surface area contributed by atoms with Gasteiger partial charge in [0, 0.05) is 52.7 Å². The molecule has 0 atom stereocenters. The number of aliphatic imine (C=N–C) groups is 1. The van der Waals surface area contributed by atoms with Gasteiger partial charge in [-0.25, -0.2) is 4.99 Å². The van der Waals surface area contributed by atoms with Gasteiger partial charge in [-0.3, -0.25) is 9.59 Å². The summed E-state index contributed by atoms with van der Waals surface area (Å²) in [6.07, 6.45) is 8.18. The number of ether oxygens (including phenoxy) is 1. The lowest BCUT2D eigenvalue weighted by atomic mass is 9.89. The first kappa shape index (κ1) is 26.2. The fourth-order valence-corrected chi connectivity index (χ4v) is 4.56. The van der Waals surface area contributed by atoms with Crippen LogP contribution in [0.3, 0.4) is 0 Å². The van der Waals surface area contributed by atoms with Crippen molar-refractivity contribution in [3.05, 3.63) is 0 Å². The second-order valence-corrected chi connectivity index (χ2v) is 9.01. The Hall–Kier alpha value is -1.10. The molecule has 3 aliphatic rings. The molecule has 8 nitrogen and oxygen atoms in total. The summed E-state index contributed by atoms with van der Waals surface area (Å²) in [5.41, 5.74) is 0. The van der Waals surface area contributed by atoms with Gasteiger partial charge in [0.2, 0.25) is 11.8 Å². The second-order valence-electron chi connectivity index (χ2n) is 9.01. The van der Waals surface area contributed by atoms with Crippen LogP contribution < -0.4 is 5.32 Å². The Morgan fingerprint density at radius 1 is 0.968 bits per heavy atom. The molecule has 1 N–H and O–H groups in total. The van der Waals surface area contributed by atoms with Gasteiger partial charge >= 0.3 is 0 Å². The molecule has 1 saturated carbocycles. The first-order valence-corrected chi connectivity index (χ1v) is 11.6. The molecule has 0 spiro atoms. The van der Waals surface area contributed by atoms with Crippen LogP contribution in [0, 0.1) is 11.8 Å². The van der Waals surface area contributed by atoms with Gasteiger partial charge in [-0.05, 0) is 31.6 Å². The molecule has 0 bridgehead atoms. The minimum absolute atomic E-state index is 0. The van der Waals surface area contributed by atoms with Crippen molar-refractivity contribution in [1.82, 2.24) is 20.0 Å². The van der Waals surface area contributed by atoms with Crippen molar-refractivity contribution in [2.75, 3.05) is 66.6 Å². The van der Waals surface area contributed by atoms with Crippen LogP contribution in [-0.2, 0) is 14.3 Å². The van der Waals surface area contributed by atoms with E-state index >= 15 is 0 Å². The number of guanidine groups is 1. The molecular weight excluding hydrogens is 509 g/mol. The highest BCUT2D eigenvalue weighted by molar-refractivity contribution is 14.0. The molecule has 0 unspecified atom stereocenters. The maximum absolute atomic E-state index is 12.8. The number of halogens is 1. The van der Waals surface area contributed by atoms with E-state index in [0.29, 0.717) is 32.2 Å². The molecule has 3 rings (SSSR count). The molecular formula is C22H40IN5O3. The number of morpholine rings is 1. The van der Waals surface area contributed by atoms with Gasteiger partial charge in [0.1, 0.15) is 6.54 Å². The van der Waals surface area contributed by atoms with E-state index < -0.39 is 0 Å². The number of likely N-dealkylation sites (tertiary alicyclic amines) is 1. The zero-order chi connectivity index (χ0) is 21.3. The van der Waals surface area contributed by atoms with E-state index in [9.17, 15) is 9.59 Å². The number of carbonyl (C=O) groups excluding carboxylic acids is 2. The van der Waals surface area contributed by atoms with Crippen molar-refractivity contribution in [2.45, 2.75) is 44.9 Å². The van der Waals surface area contributed by atoms with Gasteiger partial charge in [0.15, 0.2) is 5.96 Å². The summed E-state index contributed by atoms with van der Waals surface area (Å²) >= 11 is 0.